The van der Waals surface area contributed by atoms with Crippen LogP contribution in [0, 0.1) is 0 Å². The normalized spacial score (nSPS) is 17.6. The number of halogens is 1. The first-order chi connectivity index (χ1) is 3.43. The van der Waals surface area contributed by atoms with E-state index in [-0.39, 0.29) is 0 Å². The number of hydrogen-bond donors (Lipinski definition) is 0. The predicted molar refractivity (Wildman–Crippen MR) is 35.6 cm³/mol. The molecule has 0 aromatic carbocycles. The van der Waals surface area contributed by atoms with Gasteiger partial charge in [-0.2, -0.15) is 0 Å². The van der Waals surface area contributed by atoms with Gasteiger partial charge in [0.25, 0.3) is 0 Å². The zero-order chi connectivity index (χ0) is 5.11. The Kier molecular flexibility index (Phi) is 1.69. The fraction of sp³-hybridized carbons (Fsp3) is 0.333. The summed E-state index contributed by atoms with van der Waals surface area (Å²) < 4.78 is 0. The Morgan fingerprint density at radius 3 is 2.86 bits per heavy atom. The van der Waals surface area contributed by atoms with E-state index in [9.17, 15) is 0 Å². The third kappa shape index (κ3) is 1.16. The molecule has 0 spiro atoms. The third-order valence-electron chi connectivity index (χ3n) is 1.00. The summed E-state index contributed by atoms with van der Waals surface area (Å²) in [6, 6.07) is 0. The Balaban J connectivity index is 2.52. The second-order valence-electron chi connectivity index (χ2n) is 1.55. The first-order valence-electron chi connectivity index (χ1n) is 2.35. The van der Waals surface area contributed by atoms with Crippen molar-refractivity contribution in [2.75, 3.05) is 5.33 Å². The molecule has 0 aliphatic heterocycles. The van der Waals surface area contributed by atoms with Crippen molar-refractivity contribution in [3.63, 3.8) is 0 Å². The average molecular weight is 159 g/mol. The minimum absolute atomic E-state index is 1.00. The van der Waals surface area contributed by atoms with Gasteiger partial charge in [-0.05, 0) is 12.0 Å². The van der Waals surface area contributed by atoms with Crippen molar-refractivity contribution >= 4 is 15.9 Å². The van der Waals surface area contributed by atoms with Gasteiger partial charge in [-0.15, -0.1) is 0 Å². The number of hydrogen-bond acceptors (Lipinski definition) is 0. The van der Waals surface area contributed by atoms with E-state index < -0.39 is 0 Å². The highest BCUT2D eigenvalue weighted by Crippen LogP contribution is 2.09. The second kappa shape index (κ2) is 2.31. The summed E-state index contributed by atoms with van der Waals surface area (Å²) in [6.45, 7) is 0. The largest absolute Gasteiger partial charge is 0.0876 e. The summed E-state index contributed by atoms with van der Waals surface area (Å²) >= 11 is 3.36. The van der Waals surface area contributed by atoms with Crippen molar-refractivity contribution in [3.8, 4) is 0 Å². The molecule has 7 heavy (non-hydrogen) atoms. The lowest BCUT2D eigenvalue weighted by atomic mass is 10.3. The molecule has 0 amide bonds. The number of alkyl halides is 1. The lowest BCUT2D eigenvalue weighted by Gasteiger charge is -1.82. The average Bonchev–Trinajstić information content (AvgIpc) is 2.14. The van der Waals surface area contributed by atoms with Crippen LogP contribution < -0.4 is 0 Å². The Morgan fingerprint density at radius 1 is 1.71 bits per heavy atom. The highest BCUT2D eigenvalue weighted by atomic mass is 79.9. The lowest BCUT2D eigenvalue weighted by molar-refractivity contribution is 1.43. The van der Waals surface area contributed by atoms with E-state index in [1.165, 1.54) is 5.57 Å². The minimum atomic E-state index is 1.00. The highest BCUT2D eigenvalue weighted by Gasteiger charge is 1.91. The molecule has 0 bridgehead atoms. The molecule has 38 valence electrons. The van der Waals surface area contributed by atoms with Crippen LogP contribution in [-0.4, -0.2) is 5.33 Å². The number of allylic oxidation sites excluding steroid dienone is 4. The second-order valence-corrected chi connectivity index (χ2v) is 2.11. The predicted octanol–water partition coefficient (Wildman–Crippen LogP) is 2.27. The topological polar surface area (TPSA) is 0 Å². The first-order valence-corrected chi connectivity index (χ1v) is 3.47. The molecule has 0 N–H and O–H groups in total. The maximum absolute atomic E-state index is 3.36. The van der Waals surface area contributed by atoms with Crippen LogP contribution >= 0.6 is 15.9 Å². The molecule has 0 saturated carbocycles. The van der Waals surface area contributed by atoms with Crippen molar-refractivity contribution in [1.82, 2.24) is 0 Å². The number of rotatable bonds is 1. The molecule has 0 heterocycles. The Hall–Kier alpha value is -0.0400. The molecular weight excluding hydrogens is 152 g/mol. The Labute approximate surface area is 52.0 Å². The third-order valence-corrected chi connectivity index (χ3v) is 1.65. The molecule has 0 fully saturated rings. The van der Waals surface area contributed by atoms with E-state index in [1.54, 1.807) is 0 Å². The maximum Gasteiger partial charge on any atom is 0.0279 e. The maximum atomic E-state index is 3.36. The molecule has 1 aliphatic rings. The van der Waals surface area contributed by atoms with Gasteiger partial charge in [0.2, 0.25) is 0 Å². The van der Waals surface area contributed by atoms with E-state index >= 15 is 0 Å². The van der Waals surface area contributed by atoms with Crippen LogP contribution in [-0.2, 0) is 0 Å². The van der Waals surface area contributed by atoms with Gasteiger partial charge >= 0.3 is 0 Å². The van der Waals surface area contributed by atoms with Crippen LogP contribution in [0.4, 0.5) is 0 Å². The van der Waals surface area contributed by atoms with Gasteiger partial charge in [0.1, 0.15) is 0 Å². The van der Waals surface area contributed by atoms with E-state index in [2.05, 4.69) is 34.2 Å². The molecule has 1 aliphatic carbocycles. The van der Waals surface area contributed by atoms with Gasteiger partial charge in [0.15, 0.2) is 0 Å². The minimum Gasteiger partial charge on any atom is -0.0876 e. The van der Waals surface area contributed by atoms with Crippen LogP contribution in [0.15, 0.2) is 23.8 Å². The van der Waals surface area contributed by atoms with E-state index in [0.29, 0.717) is 0 Å². The summed E-state index contributed by atoms with van der Waals surface area (Å²) in [5.41, 5.74) is 1.40. The van der Waals surface area contributed by atoms with Crippen LogP contribution in [0.2, 0.25) is 0 Å². The molecule has 0 aromatic rings. The molecule has 1 heteroatoms. The van der Waals surface area contributed by atoms with Gasteiger partial charge in [-0.1, -0.05) is 34.2 Å². The van der Waals surface area contributed by atoms with Crippen LogP contribution in [0.1, 0.15) is 6.42 Å². The monoisotopic (exact) mass is 158 g/mol. The first kappa shape index (κ1) is 5.10. The van der Waals surface area contributed by atoms with E-state index in [0.717, 1.165) is 11.8 Å². The highest BCUT2D eigenvalue weighted by molar-refractivity contribution is 9.09. The van der Waals surface area contributed by atoms with E-state index in [4.69, 9.17) is 0 Å². The van der Waals surface area contributed by atoms with Gasteiger partial charge < -0.3 is 0 Å². The summed E-state index contributed by atoms with van der Waals surface area (Å²) in [4.78, 5) is 0. The molecule has 0 radical (unpaired) electrons. The molecule has 0 unspecified atom stereocenters. The van der Waals surface area contributed by atoms with Gasteiger partial charge in [0, 0.05) is 5.33 Å². The molecular formula is C6H7Br. The van der Waals surface area contributed by atoms with Crippen molar-refractivity contribution in [2.24, 2.45) is 0 Å². The van der Waals surface area contributed by atoms with Crippen LogP contribution in [0.5, 0.6) is 0 Å². The fourth-order valence-corrected chi connectivity index (χ4v) is 1.02. The summed E-state index contributed by atoms with van der Waals surface area (Å²) in [6.07, 6.45) is 7.65. The van der Waals surface area contributed by atoms with Gasteiger partial charge in [-0.3, -0.25) is 0 Å². The standard InChI is InChI=1S/C6H7Br/c7-5-6-3-1-2-4-6/h1,3-4H,2,5H2. The van der Waals surface area contributed by atoms with Crippen LogP contribution in [0.3, 0.4) is 0 Å². The van der Waals surface area contributed by atoms with Crippen molar-refractivity contribution < 1.29 is 0 Å². The van der Waals surface area contributed by atoms with Crippen molar-refractivity contribution in [3.05, 3.63) is 23.8 Å². The van der Waals surface area contributed by atoms with Gasteiger partial charge in [0.05, 0.1) is 0 Å². The summed E-state index contributed by atoms with van der Waals surface area (Å²) in [7, 11) is 0. The quantitative estimate of drug-likeness (QED) is 0.514. The van der Waals surface area contributed by atoms with Crippen molar-refractivity contribution in [1.29, 1.82) is 0 Å². The zero-order valence-corrected chi connectivity index (χ0v) is 5.61. The molecule has 0 saturated heterocycles. The van der Waals surface area contributed by atoms with Crippen molar-refractivity contribution in [2.45, 2.75) is 6.42 Å². The fourth-order valence-electron chi connectivity index (χ4n) is 0.606. The van der Waals surface area contributed by atoms with Gasteiger partial charge in [-0.25, -0.2) is 0 Å². The molecule has 0 aromatic heterocycles. The molecule has 0 nitrogen and oxygen atoms in total. The lowest BCUT2D eigenvalue weighted by Crippen LogP contribution is -1.69. The molecule has 1 rings (SSSR count). The Bertz CT molecular complexity index is 111. The molecule has 0 atom stereocenters. The Morgan fingerprint density at radius 2 is 2.57 bits per heavy atom. The van der Waals surface area contributed by atoms with E-state index in [1.807, 2.05) is 0 Å². The SMILES string of the molecule is BrCC1=CCC=C1. The summed E-state index contributed by atoms with van der Waals surface area (Å²) in [5, 5.41) is 1.00. The zero-order valence-electron chi connectivity index (χ0n) is 4.02. The smallest absolute Gasteiger partial charge is 0.0279 e. The van der Waals surface area contributed by atoms with Crippen LogP contribution in [0.25, 0.3) is 0 Å². The summed E-state index contributed by atoms with van der Waals surface area (Å²) in [5.74, 6) is 0.